The van der Waals surface area contributed by atoms with Gasteiger partial charge in [0.15, 0.2) is 0 Å². The van der Waals surface area contributed by atoms with Gasteiger partial charge in [0.05, 0.1) is 12.2 Å². The first-order valence-corrected chi connectivity index (χ1v) is 8.99. The molecular formula is C20H26N4O2. The zero-order valence-corrected chi connectivity index (χ0v) is 15.8. The molecule has 1 heterocycles. The highest BCUT2D eigenvalue weighted by molar-refractivity contribution is 5.98. The van der Waals surface area contributed by atoms with Crippen molar-refractivity contribution in [2.75, 3.05) is 5.32 Å². The van der Waals surface area contributed by atoms with E-state index < -0.39 is 5.41 Å². The molecule has 1 aromatic heterocycles. The smallest absolute Gasteiger partial charge is 0.251 e. The molecule has 0 bridgehead atoms. The van der Waals surface area contributed by atoms with Crippen LogP contribution >= 0.6 is 0 Å². The Hall–Kier alpha value is -2.63. The number of nitrogens with one attached hydrogen (secondary N) is 2. The number of anilines is 1. The zero-order chi connectivity index (χ0) is 18.9. The molecule has 138 valence electrons. The highest BCUT2D eigenvalue weighted by Gasteiger charge is 2.25. The Morgan fingerprint density at radius 1 is 1.27 bits per heavy atom. The third-order valence-electron chi connectivity index (χ3n) is 4.74. The van der Waals surface area contributed by atoms with Crippen LogP contribution in [0.25, 0.3) is 0 Å². The molecule has 3 rings (SSSR count). The molecule has 1 aliphatic rings. The number of fused-ring (bicyclic) bond motifs is 1. The maximum absolute atomic E-state index is 12.7. The third-order valence-corrected chi connectivity index (χ3v) is 4.74. The highest BCUT2D eigenvalue weighted by atomic mass is 16.2. The van der Waals surface area contributed by atoms with Gasteiger partial charge in [0, 0.05) is 35.0 Å². The normalized spacial score (nSPS) is 16.7. The highest BCUT2D eigenvalue weighted by Crippen LogP contribution is 2.29. The Balaban J connectivity index is 1.73. The van der Waals surface area contributed by atoms with Crippen molar-refractivity contribution in [3.63, 3.8) is 0 Å². The number of carbonyl (C=O) groups is 2. The molecule has 0 radical (unpaired) electrons. The first-order valence-electron chi connectivity index (χ1n) is 8.99. The van der Waals surface area contributed by atoms with Crippen molar-refractivity contribution in [2.45, 2.75) is 46.1 Å². The second kappa shape index (κ2) is 6.94. The van der Waals surface area contributed by atoms with Crippen LogP contribution in [0.1, 0.15) is 61.3 Å². The average molecular weight is 354 g/mol. The standard InChI is InChI=1S/C20H26N4O2/c1-20(2,3)19(26)22-14-8-5-7-13(11-14)18(25)23-16-9-6-10-17-15(16)12-21-24(17)4/h5,7-8,11-12,16H,6,9-10H2,1-4H3,(H,22,26)(H,23,25). The van der Waals surface area contributed by atoms with E-state index in [0.29, 0.717) is 11.3 Å². The van der Waals surface area contributed by atoms with Gasteiger partial charge in [0.25, 0.3) is 5.91 Å². The molecule has 0 aliphatic heterocycles. The molecule has 2 amide bonds. The summed E-state index contributed by atoms with van der Waals surface area (Å²) in [6, 6.07) is 7.03. The molecule has 1 atom stereocenters. The van der Waals surface area contributed by atoms with Crippen molar-refractivity contribution < 1.29 is 9.59 Å². The van der Waals surface area contributed by atoms with Gasteiger partial charge in [0.2, 0.25) is 5.91 Å². The molecule has 1 aromatic carbocycles. The number of aryl methyl sites for hydroxylation is 1. The van der Waals surface area contributed by atoms with Gasteiger partial charge in [-0.25, -0.2) is 0 Å². The predicted octanol–water partition coefficient (Wildman–Crippen LogP) is 3.21. The summed E-state index contributed by atoms with van der Waals surface area (Å²) in [5, 5.41) is 10.3. The van der Waals surface area contributed by atoms with Crippen LogP contribution < -0.4 is 10.6 Å². The minimum absolute atomic E-state index is 0.0206. The second-order valence-electron chi connectivity index (χ2n) is 7.87. The lowest BCUT2D eigenvalue weighted by atomic mass is 9.92. The lowest BCUT2D eigenvalue weighted by Crippen LogP contribution is -2.31. The van der Waals surface area contributed by atoms with Gasteiger partial charge < -0.3 is 10.6 Å². The van der Waals surface area contributed by atoms with E-state index in [1.54, 1.807) is 24.3 Å². The molecule has 0 fully saturated rings. The van der Waals surface area contributed by atoms with E-state index in [1.165, 1.54) is 5.69 Å². The molecule has 6 heteroatoms. The van der Waals surface area contributed by atoms with Crippen LogP contribution in [0.15, 0.2) is 30.5 Å². The van der Waals surface area contributed by atoms with E-state index in [1.807, 2.05) is 38.7 Å². The fraction of sp³-hybridized carbons (Fsp3) is 0.450. The lowest BCUT2D eigenvalue weighted by molar-refractivity contribution is -0.123. The van der Waals surface area contributed by atoms with Gasteiger partial charge in [-0.05, 0) is 37.5 Å². The van der Waals surface area contributed by atoms with Gasteiger partial charge in [-0.2, -0.15) is 5.10 Å². The summed E-state index contributed by atoms with van der Waals surface area (Å²) in [7, 11) is 1.93. The number of nitrogens with zero attached hydrogens (tertiary/aromatic N) is 2. The Bertz CT molecular complexity index is 833. The number of rotatable bonds is 3. The number of hydrogen-bond acceptors (Lipinski definition) is 3. The van der Waals surface area contributed by atoms with Crippen molar-refractivity contribution in [1.82, 2.24) is 15.1 Å². The molecule has 6 nitrogen and oxygen atoms in total. The molecule has 0 spiro atoms. The Morgan fingerprint density at radius 2 is 2.04 bits per heavy atom. The van der Waals surface area contributed by atoms with Gasteiger partial charge >= 0.3 is 0 Å². The number of benzene rings is 1. The zero-order valence-electron chi connectivity index (χ0n) is 15.8. The quantitative estimate of drug-likeness (QED) is 0.889. The largest absolute Gasteiger partial charge is 0.345 e. The van der Waals surface area contributed by atoms with Crippen LogP contribution in [0, 0.1) is 5.41 Å². The Morgan fingerprint density at radius 3 is 2.77 bits per heavy atom. The lowest BCUT2D eigenvalue weighted by Gasteiger charge is -2.24. The van der Waals surface area contributed by atoms with Crippen molar-refractivity contribution in [1.29, 1.82) is 0 Å². The fourth-order valence-corrected chi connectivity index (χ4v) is 3.15. The van der Waals surface area contributed by atoms with Crippen LogP contribution in [0.5, 0.6) is 0 Å². The minimum atomic E-state index is -0.489. The van der Waals surface area contributed by atoms with Gasteiger partial charge in [-0.3, -0.25) is 14.3 Å². The van der Waals surface area contributed by atoms with E-state index >= 15 is 0 Å². The van der Waals surface area contributed by atoms with Crippen LogP contribution in [-0.4, -0.2) is 21.6 Å². The number of amides is 2. The first-order chi connectivity index (χ1) is 12.3. The summed E-state index contributed by atoms with van der Waals surface area (Å²) in [5.41, 5.74) is 2.96. The maximum Gasteiger partial charge on any atom is 0.251 e. The Kier molecular flexibility index (Phi) is 4.85. The molecular weight excluding hydrogens is 328 g/mol. The summed E-state index contributed by atoms with van der Waals surface area (Å²) >= 11 is 0. The topological polar surface area (TPSA) is 76.0 Å². The molecule has 1 aliphatic carbocycles. The van der Waals surface area contributed by atoms with E-state index in [9.17, 15) is 9.59 Å². The average Bonchev–Trinajstić information content (AvgIpc) is 2.97. The molecule has 0 saturated carbocycles. The van der Waals surface area contributed by atoms with E-state index in [0.717, 1.165) is 24.8 Å². The Labute approximate surface area is 154 Å². The molecule has 0 saturated heterocycles. The number of hydrogen-bond donors (Lipinski definition) is 2. The van der Waals surface area contributed by atoms with Crippen molar-refractivity contribution in [3.05, 3.63) is 47.3 Å². The van der Waals surface area contributed by atoms with Gasteiger partial charge in [-0.1, -0.05) is 26.8 Å². The summed E-state index contributed by atoms with van der Waals surface area (Å²) in [4.78, 5) is 24.9. The minimum Gasteiger partial charge on any atom is -0.345 e. The molecule has 26 heavy (non-hydrogen) atoms. The van der Waals surface area contributed by atoms with Gasteiger partial charge in [0.1, 0.15) is 0 Å². The van der Waals surface area contributed by atoms with Crippen LogP contribution in [0.3, 0.4) is 0 Å². The molecule has 2 aromatic rings. The van der Waals surface area contributed by atoms with Crippen molar-refractivity contribution >= 4 is 17.5 Å². The van der Waals surface area contributed by atoms with Crippen molar-refractivity contribution in [2.24, 2.45) is 12.5 Å². The summed E-state index contributed by atoms with van der Waals surface area (Å²) < 4.78 is 1.89. The number of carbonyl (C=O) groups excluding carboxylic acids is 2. The third kappa shape index (κ3) is 3.79. The van der Waals surface area contributed by atoms with Crippen LogP contribution in [0.4, 0.5) is 5.69 Å². The predicted molar refractivity (Wildman–Crippen MR) is 101 cm³/mol. The SMILES string of the molecule is Cn1ncc2c1CCCC2NC(=O)c1cccc(NC(=O)C(C)(C)C)c1. The first kappa shape index (κ1) is 18.2. The second-order valence-corrected chi connectivity index (χ2v) is 7.87. The summed E-state index contributed by atoms with van der Waals surface area (Å²) in [5.74, 6) is -0.221. The van der Waals surface area contributed by atoms with E-state index in [-0.39, 0.29) is 17.9 Å². The summed E-state index contributed by atoms with van der Waals surface area (Å²) in [6.45, 7) is 5.56. The van der Waals surface area contributed by atoms with E-state index in [4.69, 9.17) is 0 Å². The van der Waals surface area contributed by atoms with Crippen LogP contribution in [0.2, 0.25) is 0 Å². The van der Waals surface area contributed by atoms with Gasteiger partial charge in [-0.15, -0.1) is 0 Å². The molecule has 2 N–H and O–H groups in total. The van der Waals surface area contributed by atoms with E-state index in [2.05, 4.69) is 15.7 Å². The molecule has 1 unspecified atom stereocenters. The monoisotopic (exact) mass is 354 g/mol. The summed E-state index contributed by atoms with van der Waals surface area (Å²) in [6.07, 6.45) is 4.77. The number of aromatic nitrogens is 2. The maximum atomic E-state index is 12.7. The van der Waals surface area contributed by atoms with Crippen molar-refractivity contribution in [3.8, 4) is 0 Å². The fourth-order valence-electron chi connectivity index (χ4n) is 3.15. The van der Waals surface area contributed by atoms with Crippen LogP contribution in [-0.2, 0) is 18.3 Å².